The van der Waals surface area contributed by atoms with Crippen molar-refractivity contribution in [1.82, 2.24) is 10.6 Å². The van der Waals surface area contributed by atoms with Crippen LogP contribution in [-0.2, 0) is 4.79 Å². The smallest absolute Gasteiger partial charge is 0.311 e. The SMILES string of the molecule is COc1cc(OCC(=O)NCC2CNC2)ccc1[N+](=O)[O-]. The second-order valence-electron chi connectivity index (χ2n) is 4.71. The Hall–Kier alpha value is -2.35. The summed E-state index contributed by atoms with van der Waals surface area (Å²) in [7, 11) is 1.34. The molecule has 0 spiro atoms. The van der Waals surface area contributed by atoms with Crippen LogP contribution in [-0.4, -0.2) is 44.2 Å². The summed E-state index contributed by atoms with van der Waals surface area (Å²) in [5, 5.41) is 16.6. The standard InChI is InChI=1S/C13H17N3O5/c1-20-12-4-10(2-3-11(12)16(18)19)21-8-13(17)15-7-9-5-14-6-9/h2-4,9,14H,5-8H2,1H3,(H,15,17). The number of nitro groups is 1. The third-order valence-corrected chi connectivity index (χ3v) is 3.17. The van der Waals surface area contributed by atoms with Crippen molar-refractivity contribution in [1.29, 1.82) is 0 Å². The molecule has 8 nitrogen and oxygen atoms in total. The molecule has 114 valence electrons. The first kappa shape index (κ1) is 15.0. The average Bonchev–Trinajstić information content (AvgIpc) is 2.42. The van der Waals surface area contributed by atoms with E-state index < -0.39 is 4.92 Å². The molecule has 1 aromatic rings. The van der Waals surface area contributed by atoms with Crippen molar-refractivity contribution in [2.24, 2.45) is 5.92 Å². The van der Waals surface area contributed by atoms with Crippen molar-refractivity contribution in [3.05, 3.63) is 28.3 Å². The molecule has 0 unspecified atom stereocenters. The van der Waals surface area contributed by atoms with Gasteiger partial charge < -0.3 is 20.1 Å². The van der Waals surface area contributed by atoms with Crippen LogP contribution >= 0.6 is 0 Å². The predicted molar refractivity (Wildman–Crippen MR) is 74.5 cm³/mol. The second kappa shape index (κ2) is 6.89. The quantitative estimate of drug-likeness (QED) is 0.554. The van der Waals surface area contributed by atoms with E-state index in [-0.39, 0.29) is 24.0 Å². The zero-order valence-corrected chi connectivity index (χ0v) is 11.6. The number of nitrogens with one attached hydrogen (secondary N) is 2. The van der Waals surface area contributed by atoms with E-state index in [1.165, 1.54) is 25.3 Å². The van der Waals surface area contributed by atoms with Crippen LogP contribution in [0.2, 0.25) is 0 Å². The molecular weight excluding hydrogens is 278 g/mol. The molecule has 1 amide bonds. The number of hydrogen-bond acceptors (Lipinski definition) is 6. The third-order valence-electron chi connectivity index (χ3n) is 3.17. The molecule has 1 aliphatic heterocycles. The Balaban J connectivity index is 1.84. The number of carbonyl (C=O) groups excluding carboxylic acids is 1. The highest BCUT2D eigenvalue weighted by Crippen LogP contribution is 2.30. The number of ether oxygens (including phenoxy) is 2. The zero-order valence-electron chi connectivity index (χ0n) is 11.6. The van der Waals surface area contributed by atoms with E-state index in [0.717, 1.165) is 13.1 Å². The molecule has 1 heterocycles. The first-order valence-electron chi connectivity index (χ1n) is 6.53. The minimum atomic E-state index is -0.540. The lowest BCUT2D eigenvalue weighted by Crippen LogP contribution is -2.48. The summed E-state index contributed by atoms with van der Waals surface area (Å²) in [5.41, 5.74) is -0.146. The van der Waals surface area contributed by atoms with Gasteiger partial charge >= 0.3 is 5.69 Å². The van der Waals surface area contributed by atoms with Gasteiger partial charge in [-0.25, -0.2) is 0 Å². The Morgan fingerprint density at radius 1 is 1.52 bits per heavy atom. The molecule has 2 rings (SSSR count). The maximum absolute atomic E-state index is 11.6. The van der Waals surface area contributed by atoms with Gasteiger partial charge in [-0.15, -0.1) is 0 Å². The van der Waals surface area contributed by atoms with Crippen LogP contribution in [0.4, 0.5) is 5.69 Å². The normalized spacial score (nSPS) is 14.1. The molecular formula is C13H17N3O5. The maximum atomic E-state index is 11.6. The lowest BCUT2D eigenvalue weighted by atomic mass is 10.0. The first-order chi connectivity index (χ1) is 10.1. The van der Waals surface area contributed by atoms with Crippen molar-refractivity contribution in [3.8, 4) is 11.5 Å². The summed E-state index contributed by atoms with van der Waals surface area (Å²) in [6, 6.07) is 4.11. The Bertz CT molecular complexity index is 531. The highest BCUT2D eigenvalue weighted by molar-refractivity contribution is 5.77. The Morgan fingerprint density at radius 2 is 2.29 bits per heavy atom. The number of rotatable bonds is 7. The fraction of sp³-hybridized carbons (Fsp3) is 0.462. The Kier molecular flexibility index (Phi) is 4.94. The average molecular weight is 295 g/mol. The van der Waals surface area contributed by atoms with Gasteiger partial charge in [0.05, 0.1) is 12.0 Å². The molecule has 0 atom stereocenters. The van der Waals surface area contributed by atoms with E-state index in [9.17, 15) is 14.9 Å². The fourth-order valence-electron chi connectivity index (χ4n) is 1.85. The van der Waals surface area contributed by atoms with E-state index >= 15 is 0 Å². The number of methoxy groups -OCH3 is 1. The molecule has 21 heavy (non-hydrogen) atoms. The van der Waals surface area contributed by atoms with Gasteiger partial charge in [0.15, 0.2) is 6.61 Å². The van der Waals surface area contributed by atoms with Crippen LogP contribution in [0.1, 0.15) is 0 Å². The summed E-state index contributed by atoms with van der Waals surface area (Å²) in [4.78, 5) is 21.8. The molecule has 0 saturated carbocycles. The lowest BCUT2D eigenvalue weighted by molar-refractivity contribution is -0.385. The molecule has 2 N–H and O–H groups in total. The van der Waals surface area contributed by atoms with Crippen LogP contribution in [0.25, 0.3) is 0 Å². The number of benzene rings is 1. The highest BCUT2D eigenvalue weighted by Gasteiger charge is 2.18. The summed E-state index contributed by atoms with van der Waals surface area (Å²) in [6.45, 7) is 2.32. The van der Waals surface area contributed by atoms with Crippen molar-refractivity contribution in [2.75, 3.05) is 33.4 Å². The molecule has 1 aliphatic rings. The number of carbonyl (C=O) groups is 1. The van der Waals surface area contributed by atoms with Crippen molar-refractivity contribution >= 4 is 11.6 Å². The van der Waals surface area contributed by atoms with E-state index in [4.69, 9.17) is 9.47 Å². The van der Waals surface area contributed by atoms with Gasteiger partial charge in [-0.2, -0.15) is 0 Å². The summed E-state index contributed by atoms with van der Waals surface area (Å²) >= 11 is 0. The van der Waals surface area contributed by atoms with Gasteiger partial charge in [-0.1, -0.05) is 0 Å². The van der Waals surface area contributed by atoms with Crippen LogP contribution in [0, 0.1) is 16.0 Å². The van der Waals surface area contributed by atoms with Crippen LogP contribution in [0.15, 0.2) is 18.2 Å². The molecule has 1 fully saturated rings. The molecule has 1 saturated heterocycles. The minimum absolute atomic E-state index is 0.0958. The lowest BCUT2D eigenvalue weighted by Gasteiger charge is -2.27. The number of nitro benzene ring substituents is 1. The van der Waals surface area contributed by atoms with Gasteiger partial charge in [0.25, 0.3) is 5.91 Å². The first-order valence-corrected chi connectivity index (χ1v) is 6.53. The Labute approximate surface area is 121 Å². The van der Waals surface area contributed by atoms with Gasteiger partial charge in [0.2, 0.25) is 5.75 Å². The molecule has 1 aromatic carbocycles. The largest absolute Gasteiger partial charge is 0.490 e. The Morgan fingerprint density at radius 3 is 2.86 bits per heavy atom. The molecule has 0 aliphatic carbocycles. The van der Waals surface area contributed by atoms with Crippen LogP contribution in [0.5, 0.6) is 11.5 Å². The second-order valence-corrected chi connectivity index (χ2v) is 4.71. The molecule has 0 aromatic heterocycles. The molecule has 0 radical (unpaired) electrons. The summed E-state index contributed by atoms with van der Waals surface area (Å²) in [6.07, 6.45) is 0. The van der Waals surface area contributed by atoms with E-state index in [1.54, 1.807) is 0 Å². The van der Waals surface area contributed by atoms with Crippen LogP contribution in [0.3, 0.4) is 0 Å². The highest BCUT2D eigenvalue weighted by atomic mass is 16.6. The van der Waals surface area contributed by atoms with E-state index in [1.807, 2.05) is 0 Å². The van der Waals surface area contributed by atoms with Crippen molar-refractivity contribution in [2.45, 2.75) is 0 Å². The topological polar surface area (TPSA) is 103 Å². The van der Waals surface area contributed by atoms with E-state index in [2.05, 4.69) is 10.6 Å². The minimum Gasteiger partial charge on any atom is -0.490 e. The summed E-state index contributed by atoms with van der Waals surface area (Å²) in [5.74, 6) is 0.698. The van der Waals surface area contributed by atoms with Crippen LogP contribution < -0.4 is 20.1 Å². The van der Waals surface area contributed by atoms with Gasteiger partial charge in [0.1, 0.15) is 5.75 Å². The summed E-state index contributed by atoms with van der Waals surface area (Å²) < 4.78 is 10.2. The van der Waals surface area contributed by atoms with Crippen molar-refractivity contribution in [3.63, 3.8) is 0 Å². The third kappa shape index (κ3) is 4.06. The molecule has 0 bridgehead atoms. The van der Waals surface area contributed by atoms with Gasteiger partial charge in [-0.3, -0.25) is 14.9 Å². The molecule has 8 heteroatoms. The number of hydrogen-bond donors (Lipinski definition) is 2. The van der Waals surface area contributed by atoms with Gasteiger partial charge in [0, 0.05) is 37.7 Å². The van der Waals surface area contributed by atoms with Gasteiger partial charge in [-0.05, 0) is 6.07 Å². The van der Waals surface area contributed by atoms with Crippen molar-refractivity contribution < 1.29 is 19.2 Å². The number of amides is 1. The predicted octanol–water partition coefficient (Wildman–Crippen LogP) is 0.318. The fourth-order valence-corrected chi connectivity index (χ4v) is 1.85. The maximum Gasteiger partial charge on any atom is 0.311 e. The zero-order chi connectivity index (χ0) is 15.2. The van der Waals surface area contributed by atoms with E-state index in [0.29, 0.717) is 18.2 Å². The monoisotopic (exact) mass is 295 g/mol. The number of nitrogens with zero attached hydrogens (tertiary/aromatic N) is 1.